The van der Waals surface area contributed by atoms with Crippen molar-refractivity contribution in [1.82, 2.24) is 5.32 Å². The molecule has 1 aromatic rings. The van der Waals surface area contributed by atoms with Crippen LogP contribution in [0.25, 0.3) is 0 Å². The molecule has 0 radical (unpaired) electrons. The van der Waals surface area contributed by atoms with Crippen LogP contribution in [0.2, 0.25) is 0 Å². The van der Waals surface area contributed by atoms with Gasteiger partial charge in [0.1, 0.15) is 6.67 Å². The van der Waals surface area contributed by atoms with Crippen LogP contribution in [0.5, 0.6) is 0 Å². The van der Waals surface area contributed by atoms with E-state index < -0.39 is 52.4 Å². The molecular formula is C12H9F5N2O2S. The molecule has 1 saturated heterocycles. The second-order valence-electron chi connectivity index (χ2n) is 4.84. The summed E-state index contributed by atoms with van der Waals surface area (Å²) in [6, 6.07) is 0.636. The topological polar surface area (TPSA) is 55.2 Å². The number of non-ortho nitro benzene ring substituents is 1. The molecule has 0 bridgehead atoms. The molecule has 2 rings (SSSR count). The highest BCUT2D eigenvalue weighted by molar-refractivity contribution is 7.80. The van der Waals surface area contributed by atoms with Crippen molar-refractivity contribution in [2.45, 2.75) is 24.3 Å². The van der Waals surface area contributed by atoms with Crippen LogP contribution in [0.1, 0.15) is 18.4 Å². The van der Waals surface area contributed by atoms with E-state index in [1.54, 1.807) is 0 Å². The van der Waals surface area contributed by atoms with Crippen LogP contribution in [-0.4, -0.2) is 22.5 Å². The summed E-state index contributed by atoms with van der Waals surface area (Å²) in [5, 5.41) is 12.7. The lowest BCUT2D eigenvalue weighted by atomic mass is 9.79. The van der Waals surface area contributed by atoms with Gasteiger partial charge in [-0.25, -0.2) is 22.0 Å². The molecule has 1 aliphatic rings. The second-order valence-corrected chi connectivity index (χ2v) is 5.33. The van der Waals surface area contributed by atoms with Crippen molar-refractivity contribution < 1.29 is 26.9 Å². The van der Waals surface area contributed by atoms with Gasteiger partial charge in [-0.05, 0) is 0 Å². The molecule has 120 valence electrons. The number of nitrogens with one attached hydrogen (secondary N) is 1. The van der Waals surface area contributed by atoms with Crippen molar-refractivity contribution in [2.75, 3.05) is 6.67 Å². The van der Waals surface area contributed by atoms with Gasteiger partial charge in [-0.15, -0.1) is 0 Å². The molecule has 0 unspecified atom stereocenters. The predicted octanol–water partition coefficient (Wildman–Crippen LogP) is 3.38. The predicted molar refractivity (Wildman–Crippen MR) is 70.6 cm³/mol. The van der Waals surface area contributed by atoms with Gasteiger partial charge in [0.25, 0.3) is 11.6 Å². The molecule has 1 N–H and O–H groups in total. The maximum absolute atomic E-state index is 14.2. The molecule has 0 aliphatic carbocycles. The first-order valence-corrected chi connectivity index (χ1v) is 6.44. The third kappa shape index (κ3) is 2.40. The van der Waals surface area contributed by atoms with E-state index in [2.05, 4.69) is 0 Å². The number of thiocarbonyl (C=S) groups is 1. The lowest BCUT2D eigenvalue weighted by molar-refractivity contribution is -0.385. The van der Waals surface area contributed by atoms with Gasteiger partial charge >= 0.3 is 0 Å². The van der Waals surface area contributed by atoms with Crippen molar-refractivity contribution in [3.05, 3.63) is 39.4 Å². The molecule has 1 aromatic carbocycles. The van der Waals surface area contributed by atoms with E-state index in [4.69, 9.17) is 12.2 Å². The smallest absolute Gasteiger partial charge is 0.277 e. The number of nitrogens with zero attached hydrogens (tertiary/aromatic N) is 1. The van der Waals surface area contributed by atoms with Crippen LogP contribution in [0.4, 0.5) is 27.6 Å². The van der Waals surface area contributed by atoms with E-state index in [9.17, 15) is 32.1 Å². The molecule has 22 heavy (non-hydrogen) atoms. The van der Waals surface area contributed by atoms with Crippen LogP contribution < -0.4 is 5.32 Å². The maximum atomic E-state index is 14.2. The minimum absolute atomic E-state index is 0.158. The number of hydrogen-bond donors (Lipinski definition) is 1. The van der Waals surface area contributed by atoms with Gasteiger partial charge in [0.05, 0.1) is 16.0 Å². The summed E-state index contributed by atoms with van der Waals surface area (Å²) in [6.45, 7) is -1.82. The molecule has 4 nitrogen and oxygen atoms in total. The average molecular weight is 340 g/mol. The molecule has 1 heterocycles. The van der Waals surface area contributed by atoms with E-state index in [1.165, 1.54) is 0 Å². The highest BCUT2D eigenvalue weighted by Gasteiger charge is 2.59. The molecule has 10 heteroatoms. The maximum Gasteiger partial charge on any atom is 0.277 e. The Bertz CT molecular complexity index is 655. The third-order valence-corrected chi connectivity index (χ3v) is 3.83. The van der Waals surface area contributed by atoms with E-state index >= 15 is 0 Å². The zero-order valence-electron chi connectivity index (χ0n) is 10.8. The summed E-state index contributed by atoms with van der Waals surface area (Å²) in [4.78, 5) is 9.46. The number of nitro groups is 1. The van der Waals surface area contributed by atoms with E-state index in [0.29, 0.717) is 6.07 Å². The summed E-state index contributed by atoms with van der Waals surface area (Å²) >= 11 is 4.72. The van der Waals surface area contributed by atoms with Crippen molar-refractivity contribution in [3.63, 3.8) is 0 Å². The lowest BCUT2D eigenvalue weighted by Gasteiger charge is -2.43. The van der Waals surface area contributed by atoms with Gasteiger partial charge in [-0.3, -0.25) is 10.1 Å². The SMILES string of the molecule is O=[N+]([O-])c1cc(F)c(F)c([C@@]2(CF)NC(=S)CCC2(F)F)c1. The molecule has 1 fully saturated rings. The fourth-order valence-electron chi connectivity index (χ4n) is 2.33. The molecule has 0 amide bonds. The normalized spacial score (nSPS) is 24.0. The largest absolute Gasteiger partial charge is 0.363 e. The zero-order chi connectivity index (χ0) is 16.7. The summed E-state index contributed by atoms with van der Waals surface area (Å²) in [5.41, 5.74) is -5.09. The molecule has 0 spiro atoms. The molecule has 0 aromatic heterocycles. The number of alkyl halides is 3. The summed E-state index contributed by atoms with van der Waals surface area (Å²) in [5.74, 6) is -7.31. The van der Waals surface area contributed by atoms with Crippen molar-refractivity contribution in [2.24, 2.45) is 0 Å². The van der Waals surface area contributed by atoms with Crippen molar-refractivity contribution in [3.8, 4) is 0 Å². The summed E-state index contributed by atoms with van der Waals surface area (Å²) in [7, 11) is 0. The fraction of sp³-hybridized carbons (Fsp3) is 0.417. The Labute approximate surface area is 126 Å². The van der Waals surface area contributed by atoms with E-state index in [0.717, 1.165) is 0 Å². The van der Waals surface area contributed by atoms with E-state index in [-0.39, 0.29) is 17.5 Å². The van der Waals surface area contributed by atoms with Crippen LogP contribution in [0.15, 0.2) is 12.1 Å². The lowest BCUT2D eigenvalue weighted by Crippen LogP contribution is -2.62. The van der Waals surface area contributed by atoms with Gasteiger partial charge in [0.2, 0.25) is 0 Å². The Kier molecular flexibility index (Phi) is 4.07. The number of hydrogen-bond acceptors (Lipinski definition) is 3. The zero-order valence-corrected chi connectivity index (χ0v) is 11.7. The molecule has 0 saturated carbocycles. The molecule has 1 atom stereocenters. The first-order chi connectivity index (χ1) is 10.1. The number of halogens is 5. The number of rotatable bonds is 3. The van der Waals surface area contributed by atoms with Gasteiger partial charge in [0, 0.05) is 24.5 Å². The third-order valence-electron chi connectivity index (χ3n) is 3.53. The van der Waals surface area contributed by atoms with Gasteiger partial charge in [-0.2, -0.15) is 0 Å². The average Bonchev–Trinajstić information content (AvgIpc) is 2.44. The van der Waals surface area contributed by atoms with E-state index in [1.807, 2.05) is 5.32 Å². The van der Waals surface area contributed by atoms with Crippen LogP contribution in [0.3, 0.4) is 0 Å². The Morgan fingerprint density at radius 2 is 2.00 bits per heavy atom. The van der Waals surface area contributed by atoms with Gasteiger partial charge < -0.3 is 5.32 Å². The highest BCUT2D eigenvalue weighted by atomic mass is 32.1. The van der Waals surface area contributed by atoms with Gasteiger partial charge in [-0.1, -0.05) is 12.2 Å². The summed E-state index contributed by atoms with van der Waals surface area (Å²) in [6.07, 6.45) is -1.14. The highest BCUT2D eigenvalue weighted by Crippen LogP contribution is 2.46. The Balaban J connectivity index is 2.74. The Hall–Kier alpha value is -1.84. The minimum Gasteiger partial charge on any atom is -0.363 e. The summed E-state index contributed by atoms with van der Waals surface area (Å²) < 4.78 is 69.3. The second kappa shape index (κ2) is 5.41. The number of piperidine rings is 1. The number of nitro benzene ring substituents is 1. The Morgan fingerprint density at radius 3 is 2.55 bits per heavy atom. The first-order valence-electron chi connectivity index (χ1n) is 6.03. The number of benzene rings is 1. The fourth-order valence-corrected chi connectivity index (χ4v) is 2.61. The molecule has 1 aliphatic heterocycles. The van der Waals surface area contributed by atoms with Crippen LogP contribution in [-0.2, 0) is 5.54 Å². The monoisotopic (exact) mass is 340 g/mol. The van der Waals surface area contributed by atoms with Crippen LogP contribution in [0, 0.1) is 21.7 Å². The standard InChI is InChI=1S/C12H9F5N2O2S/c13-5-11(12(16,17)2-1-9(22)18-11)7-3-6(19(20)21)4-8(14)10(7)15/h3-4H,1-2,5H2,(H,18,22)/t11-/m1/s1. The van der Waals surface area contributed by atoms with Gasteiger partial charge in [0.15, 0.2) is 17.2 Å². The van der Waals surface area contributed by atoms with Crippen molar-refractivity contribution >= 4 is 22.9 Å². The molecular weight excluding hydrogens is 331 g/mol. The minimum atomic E-state index is -3.81. The Morgan fingerprint density at radius 1 is 1.36 bits per heavy atom. The first kappa shape index (κ1) is 16.5. The van der Waals surface area contributed by atoms with Crippen molar-refractivity contribution in [1.29, 1.82) is 0 Å². The van der Waals surface area contributed by atoms with Crippen LogP contribution >= 0.6 is 12.2 Å². The quantitative estimate of drug-likeness (QED) is 0.397.